The second-order valence-electron chi connectivity index (χ2n) is 8.35. The molecule has 6 heteroatoms. The molecule has 1 rings (SSSR count). The number of ether oxygens (including phenoxy) is 1. The minimum absolute atomic E-state index is 0.0117. The molecule has 0 saturated carbocycles. The molecule has 0 aromatic heterocycles. The molecule has 6 nitrogen and oxygen atoms in total. The second kappa shape index (κ2) is 8.70. The lowest BCUT2D eigenvalue weighted by Crippen LogP contribution is -2.47. The Balaban J connectivity index is 2.55. The van der Waals surface area contributed by atoms with E-state index in [0.717, 1.165) is 6.42 Å². The van der Waals surface area contributed by atoms with Gasteiger partial charge in [-0.25, -0.2) is 4.79 Å². The van der Waals surface area contributed by atoms with Crippen LogP contribution in [0.2, 0.25) is 0 Å². The molecule has 0 radical (unpaired) electrons. The Labute approximate surface area is 146 Å². The van der Waals surface area contributed by atoms with Crippen molar-refractivity contribution in [3.05, 3.63) is 0 Å². The number of hydrogen-bond donors (Lipinski definition) is 2. The topological polar surface area (TPSA) is 70.7 Å². The van der Waals surface area contributed by atoms with Crippen molar-refractivity contribution < 1.29 is 14.3 Å². The third-order valence-corrected chi connectivity index (χ3v) is 4.05. The van der Waals surface area contributed by atoms with E-state index in [4.69, 9.17) is 4.74 Å². The first-order chi connectivity index (χ1) is 11.0. The van der Waals surface area contributed by atoms with Gasteiger partial charge in [0.2, 0.25) is 5.91 Å². The van der Waals surface area contributed by atoms with E-state index in [0.29, 0.717) is 31.5 Å². The van der Waals surface area contributed by atoms with Crippen molar-refractivity contribution in [3.63, 3.8) is 0 Å². The fraction of sp³-hybridized carbons (Fsp3) is 0.889. The summed E-state index contributed by atoms with van der Waals surface area (Å²) in [6.07, 6.45) is 0.686. The first kappa shape index (κ1) is 20.7. The summed E-state index contributed by atoms with van der Waals surface area (Å²) in [4.78, 5) is 25.9. The van der Waals surface area contributed by atoms with Gasteiger partial charge in [0.15, 0.2) is 0 Å². The normalized spacial score (nSPS) is 19.7. The maximum absolute atomic E-state index is 12.2. The Bertz CT molecular complexity index is 430. The SMILES string of the molecule is CC(C)NC(=O)CNC(C(C)C)C1CCN(C(=O)OC(C)(C)C)C1. The van der Waals surface area contributed by atoms with E-state index in [9.17, 15) is 9.59 Å². The molecule has 1 heterocycles. The Kier molecular flexibility index (Phi) is 7.52. The molecule has 2 atom stereocenters. The molecule has 1 aliphatic rings. The molecule has 0 bridgehead atoms. The molecule has 1 fully saturated rings. The van der Waals surface area contributed by atoms with Crippen LogP contribution in [0.15, 0.2) is 0 Å². The van der Waals surface area contributed by atoms with E-state index in [1.165, 1.54) is 0 Å². The zero-order valence-electron chi connectivity index (χ0n) is 16.3. The molecular weight excluding hydrogens is 306 g/mol. The van der Waals surface area contributed by atoms with Gasteiger partial charge in [0.25, 0.3) is 0 Å². The Hall–Kier alpha value is -1.30. The maximum Gasteiger partial charge on any atom is 0.410 e. The molecular formula is C18H35N3O3. The summed E-state index contributed by atoms with van der Waals surface area (Å²) in [6.45, 7) is 15.5. The highest BCUT2D eigenvalue weighted by Gasteiger charge is 2.35. The minimum atomic E-state index is -0.472. The molecule has 2 N–H and O–H groups in total. The molecule has 0 aliphatic carbocycles. The van der Waals surface area contributed by atoms with Gasteiger partial charge in [-0.05, 0) is 52.9 Å². The van der Waals surface area contributed by atoms with Crippen LogP contribution in [0, 0.1) is 11.8 Å². The third-order valence-electron chi connectivity index (χ3n) is 4.05. The first-order valence-electron chi connectivity index (χ1n) is 9.00. The summed E-state index contributed by atoms with van der Waals surface area (Å²) < 4.78 is 5.45. The lowest BCUT2D eigenvalue weighted by Gasteiger charge is -2.29. The second-order valence-corrected chi connectivity index (χ2v) is 8.35. The van der Waals surface area contributed by atoms with Crippen molar-refractivity contribution in [1.29, 1.82) is 0 Å². The van der Waals surface area contributed by atoms with Crippen LogP contribution in [0.1, 0.15) is 54.9 Å². The molecule has 1 saturated heterocycles. The summed E-state index contributed by atoms with van der Waals surface area (Å²) in [7, 11) is 0. The average Bonchev–Trinajstić information content (AvgIpc) is 2.85. The Morgan fingerprint density at radius 1 is 1.21 bits per heavy atom. The highest BCUT2D eigenvalue weighted by Crippen LogP contribution is 2.25. The molecule has 0 aromatic rings. The van der Waals surface area contributed by atoms with E-state index >= 15 is 0 Å². The monoisotopic (exact) mass is 341 g/mol. The van der Waals surface area contributed by atoms with Gasteiger partial charge in [0.05, 0.1) is 6.54 Å². The summed E-state index contributed by atoms with van der Waals surface area (Å²) in [6, 6.07) is 0.348. The predicted molar refractivity (Wildman–Crippen MR) is 95.8 cm³/mol. The molecule has 2 amide bonds. The number of likely N-dealkylation sites (tertiary alicyclic amines) is 1. The first-order valence-corrected chi connectivity index (χ1v) is 9.00. The lowest BCUT2D eigenvalue weighted by molar-refractivity contribution is -0.121. The van der Waals surface area contributed by atoms with Gasteiger partial charge >= 0.3 is 6.09 Å². The summed E-state index contributed by atoms with van der Waals surface area (Å²) in [5, 5.41) is 6.28. The van der Waals surface area contributed by atoms with Crippen LogP contribution in [-0.4, -0.2) is 54.2 Å². The number of hydrogen-bond acceptors (Lipinski definition) is 4. The number of nitrogens with one attached hydrogen (secondary N) is 2. The van der Waals surface area contributed by atoms with E-state index in [1.807, 2.05) is 34.6 Å². The molecule has 140 valence electrons. The van der Waals surface area contributed by atoms with E-state index in [1.54, 1.807) is 4.90 Å². The van der Waals surface area contributed by atoms with Gasteiger partial charge in [-0.1, -0.05) is 13.8 Å². The fourth-order valence-electron chi connectivity index (χ4n) is 3.10. The van der Waals surface area contributed by atoms with Crippen LogP contribution in [0.25, 0.3) is 0 Å². The highest BCUT2D eigenvalue weighted by molar-refractivity contribution is 5.78. The molecule has 1 aliphatic heterocycles. The van der Waals surface area contributed by atoms with Crippen molar-refractivity contribution in [2.24, 2.45) is 11.8 Å². The van der Waals surface area contributed by atoms with Gasteiger partial charge in [0.1, 0.15) is 5.60 Å². The smallest absolute Gasteiger partial charge is 0.410 e. The van der Waals surface area contributed by atoms with Crippen LogP contribution >= 0.6 is 0 Å². The van der Waals surface area contributed by atoms with Crippen molar-refractivity contribution in [1.82, 2.24) is 15.5 Å². The molecule has 2 unspecified atom stereocenters. The molecule has 0 aromatic carbocycles. The van der Waals surface area contributed by atoms with Gasteiger partial charge in [0, 0.05) is 25.2 Å². The Morgan fingerprint density at radius 2 is 1.83 bits per heavy atom. The van der Waals surface area contributed by atoms with E-state index in [-0.39, 0.29) is 24.1 Å². The van der Waals surface area contributed by atoms with Crippen molar-refractivity contribution in [2.75, 3.05) is 19.6 Å². The quantitative estimate of drug-likeness (QED) is 0.778. The lowest BCUT2D eigenvalue weighted by atomic mass is 9.89. The fourth-order valence-corrected chi connectivity index (χ4v) is 3.10. The van der Waals surface area contributed by atoms with Gasteiger partial charge < -0.3 is 20.3 Å². The molecule has 24 heavy (non-hydrogen) atoms. The standard InChI is InChI=1S/C18H35N3O3/c1-12(2)16(19-10-15(22)20-13(3)4)14-8-9-21(11-14)17(23)24-18(5,6)7/h12-14,16,19H,8-11H2,1-7H3,(H,20,22). The van der Waals surface area contributed by atoms with Crippen molar-refractivity contribution in [3.8, 4) is 0 Å². The van der Waals surface area contributed by atoms with E-state index < -0.39 is 5.60 Å². The van der Waals surface area contributed by atoms with Crippen LogP contribution in [0.3, 0.4) is 0 Å². The summed E-state index contributed by atoms with van der Waals surface area (Å²) >= 11 is 0. The van der Waals surface area contributed by atoms with Gasteiger partial charge in [-0.15, -0.1) is 0 Å². The number of rotatable bonds is 6. The van der Waals surface area contributed by atoms with Crippen LogP contribution in [0.5, 0.6) is 0 Å². The summed E-state index contributed by atoms with van der Waals surface area (Å²) in [5.74, 6) is 0.738. The average molecular weight is 341 g/mol. The van der Waals surface area contributed by atoms with Crippen molar-refractivity contribution in [2.45, 2.75) is 72.6 Å². The highest BCUT2D eigenvalue weighted by atomic mass is 16.6. The minimum Gasteiger partial charge on any atom is -0.444 e. The van der Waals surface area contributed by atoms with Gasteiger partial charge in [-0.2, -0.15) is 0 Å². The molecule has 0 spiro atoms. The zero-order valence-corrected chi connectivity index (χ0v) is 16.3. The Morgan fingerprint density at radius 3 is 2.33 bits per heavy atom. The zero-order chi connectivity index (χ0) is 18.5. The van der Waals surface area contributed by atoms with E-state index in [2.05, 4.69) is 24.5 Å². The van der Waals surface area contributed by atoms with Crippen LogP contribution < -0.4 is 10.6 Å². The summed E-state index contributed by atoms with van der Waals surface area (Å²) in [5.41, 5.74) is -0.472. The maximum atomic E-state index is 12.2. The van der Waals surface area contributed by atoms with Crippen LogP contribution in [-0.2, 0) is 9.53 Å². The number of amides is 2. The van der Waals surface area contributed by atoms with Gasteiger partial charge in [-0.3, -0.25) is 4.79 Å². The van der Waals surface area contributed by atoms with Crippen molar-refractivity contribution >= 4 is 12.0 Å². The largest absolute Gasteiger partial charge is 0.444 e. The van der Waals surface area contributed by atoms with Crippen LogP contribution in [0.4, 0.5) is 4.79 Å². The number of nitrogens with zero attached hydrogens (tertiary/aromatic N) is 1. The predicted octanol–water partition coefficient (Wildman–Crippen LogP) is 2.38. The third kappa shape index (κ3) is 7.07. The number of carbonyl (C=O) groups is 2. The number of carbonyl (C=O) groups excluding carboxylic acids is 2.